The fourth-order valence-corrected chi connectivity index (χ4v) is 8.51. The first-order chi connectivity index (χ1) is 10.9. The Hall–Kier alpha value is -0.0831. The van der Waals surface area contributed by atoms with Crippen LogP contribution in [-0.4, -0.2) is 8.07 Å². The summed E-state index contributed by atoms with van der Waals surface area (Å²) >= 11 is 3.86. The third-order valence-electron chi connectivity index (χ3n) is 6.32. The molecule has 1 unspecified atom stereocenters. The van der Waals surface area contributed by atoms with Crippen LogP contribution in [0.1, 0.15) is 56.6 Å². The van der Waals surface area contributed by atoms with Crippen LogP contribution in [0.4, 0.5) is 0 Å². The molecule has 0 saturated heterocycles. The van der Waals surface area contributed by atoms with Gasteiger partial charge in [-0.15, -0.1) is 0 Å². The average molecular weight is 393 g/mol. The van der Waals surface area contributed by atoms with Gasteiger partial charge in [0.25, 0.3) is 0 Å². The lowest BCUT2D eigenvalue weighted by molar-refractivity contribution is 0.201. The van der Waals surface area contributed by atoms with Crippen LogP contribution < -0.4 is 5.19 Å². The molecule has 1 aromatic rings. The maximum absolute atomic E-state index is 3.86. The summed E-state index contributed by atoms with van der Waals surface area (Å²) in [6.45, 7) is 9.72. The fourth-order valence-electron chi connectivity index (χ4n) is 4.94. The second kappa shape index (κ2) is 7.04. The monoisotopic (exact) mass is 392 g/mol. The maximum Gasteiger partial charge on any atom is 0.0790 e. The van der Waals surface area contributed by atoms with Gasteiger partial charge >= 0.3 is 0 Å². The van der Waals surface area contributed by atoms with Gasteiger partial charge in [-0.05, 0) is 65.8 Å². The molecule has 1 saturated carbocycles. The van der Waals surface area contributed by atoms with Crippen molar-refractivity contribution in [1.29, 1.82) is 0 Å². The van der Waals surface area contributed by atoms with Crippen molar-refractivity contribution in [2.75, 3.05) is 0 Å². The lowest BCUT2D eigenvalue weighted by atomic mass is 9.74. The Bertz CT molecular complexity index is 550. The fraction of sp³-hybridized carbons (Fsp3) is 0.714. The van der Waals surface area contributed by atoms with Crippen LogP contribution in [0.5, 0.6) is 0 Å². The highest BCUT2D eigenvalue weighted by Crippen LogP contribution is 2.41. The van der Waals surface area contributed by atoms with Crippen LogP contribution in [0, 0.1) is 17.8 Å². The Kier molecular flexibility index (Phi) is 5.42. The highest BCUT2D eigenvalue weighted by Gasteiger charge is 2.33. The Morgan fingerprint density at radius 2 is 1.57 bits per heavy atom. The number of benzene rings is 1. The molecule has 0 N–H and O–H groups in total. The van der Waals surface area contributed by atoms with Gasteiger partial charge in [-0.25, -0.2) is 0 Å². The number of hydrogen-bond acceptors (Lipinski definition) is 0. The molecular weight excluding hydrogens is 360 g/mol. The molecule has 0 radical (unpaired) electrons. The molecule has 1 atom stereocenters. The standard InChI is InChI=1S/C21H33BrSi/c1-5-6-15-7-9-16(10-8-15)17-11-18-13-20(22)21(23(2,3)4)14-19(18)12-17/h13-17H,5-12H2,1-4H3. The number of hydrogen-bond donors (Lipinski definition) is 0. The molecule has 128 valence electrons. The molecule has 0 amide bonds. The second-order valence-electron chi connectivity index (χ2n) is 9.09. The average Bonchev–Trinajstić information content (AvgIpc) is 2.89. The van der Waals surface area contributed by atoms with Crippen LogP contribution in [-0.2, 0) is 12.8 Å². The smallest absolute Gasteiger partial charge is 0.0656 e. The van der Waals surface area contributed by atoms with Crippen molar-refractivity contribution < 1.29 is 0 Å². The Morgan fingerprint density at radius 1 is 0.957 bits per heavy atom. The van der Waals surface area contributed by atoms with Crippen LogP contribution in [0.25, 0.3) is 0 Å². The molecule has 1 fully saturated rings. The van der Waals surface area contributed by atoms with Gasteiger partial charge in [-0.2, -0.15) is 0 Å². The van der Waals surface area contributed by atoms with Crippen molar-refractivity contribution in [3.8, 4) is 0 Å². The van der Waals surface area contributed by atoms with E-state index in [2.05, 4.69) is 54.6 Å². The molecule has 0 aromatic heterocycles. The second-order valence-corrected chi connectivity index (χ2v) is 15.0. The minimum absolute atomic E-state index is 0.927. The Morgan fingerprint density at radius 3 is 2.13 bits per heavy atom. The highest BCUT2D eigenvalue weighted by atomic mass is 79.9. The molecule has 0 heterocycles. The van der Waals surface area contributed by atoms with Crippen molar-refractivity contribution in [2.24, 2.45) is 17.8 Å². The first-order valence-electron chi connectivity index (χ1n) is 9.70. The zero-order chi connectivity index (χ0) is 16.6. The zero-order valence-corrected chi connectivity index (χ0v) is 18.0. The van der Waals surface area contributed by atoms with Crippen LogP contribution in [0.15, 0.2) is 16.6 Å². The molecule has 0 spiro atoms. The number of halogens is 1. The molecule has 23 heavy (non-hydrogen) atoms. The third-order valence-corrected chi connectivity index (χ3v) is 9.37. The molecule has 0 nitrogen and oxygen atoms in total. The van der Waals surface area contributed by atoms with Gasteiger partial charge in [0.2, 0.25) is 0 Å². The van der Waals surface area contributed by atoms with Crippen LogP contribution >= 0.6 is 15.9 Å². The van der Waals surface area contributed by atoms with Gasteiger partial charge in [0.1, 0.15) is 0 Å². The summed E-state index contributed by atoms with van der Waals surface area (Å²) in [4.78, 5) is 0. The van der Waals surface area contributed by atoms with Gasteiger partial charge < -0.3 is 0 Å². The first-order valence-corrected chi connectivity index (χ1v) is 14.0. The molecule has 2 aliphatic rings. The van der Waals surface area contributed by atoms with E-state index in [1.165, 1.54) is 55.8 Å². The normalized spacial score (nSPS) is 28.0. The third kappa shape index (κ3) is 3.95. The lowest BCUT2D eigenvalue weighted by Gasteiger charge is -2.32. The minimum atomic E-state index is -1.25. The van der Waals surface area contributed by atoms with E-state index in [0.717, 1.165) is 17.8 Å². The van der Waals surface area contributed by atoms with E-state index in [1.54, 1.807) is 16.3 Å². The Labute approximate surface area is 152 Å². The van der Waals surface area contributed by atoms with Gasteiger partial charge in [0, 0.05) is 4.47 Å². The van der Waals surface area contributed by atoms with Crippen LogP contribution in [0.3, 0.4) is 0 Å². The molecule has 0 bridgehead atoms. The van der Waals surface area contributed by atoms with Crippen molar-refractivity contribution in [3.63, 3.8) is 0 Å². The van der Waals surface area contributed by atoms with Crippen LogP contribution in [0.2, 0.25) is 19.6 Å². The SMILES string of the molecule is CCCC1CCC(C2Cc3cc(Br)c([Si](C)(C)C)cc3C2)CC1. The van der Waals surface area contributed by atoms with E-state index in [0.29, 0.717) is 0 Å². The van der Waals surface area contributed by atoms with E-state index in [9.17, 15) is 0 Å². The quantitative estimate of drug-likeness (QED) is 0.526. The zero-order valence-electron chi connectivity index (χ0n) is 15.4. The predicted molar refractivity (Wildman–Crippen MR) is 108 cm³/mol. The molecule has 2 heteroatoms. The largest absolute Gasteiger partial charge is 0.0790 e. The molecule has 2 aliphatic carbocycles. The molecule has 1 aromatic carbocycles. The van der Waals surface area contributed by atoms with E-state index in [4.69, 9.17) is 0 Å². The topological polar surface area (TPSA) is 0 Å². The van der Waals surface area contributed by atoms with Crippen molar-refractivity contribution in [3.05, 3.63) is 27.7 Å². The summed E-state index contributed by atoms with van der Waals surface area (Å²) in [7, 11) is -1.25. The highest BCUT2D eigenvalue weighted by molar-refractivity contribution is 9.10. The van der Waals surface area contributed by atoms with Gasteiger partial charge in [-0.3, -0.25) is 0 Å². The van der Waals surface area contributed by atoms with Gasteiger partial charge in [-0.1, -0.05) is 74.2 Å². The summed E-state index contributed by atoms with van der Waals surface area (Å²) in [6.07, 6.45) is 11.5. The number of rotatable bonds is 4. The molecular formula is C21H33BrSi. The summed E-state index contributed by atoms with van der Waals surface area (Å²) < 4.78 is 1.38. The predicted octanol–water partition coefficient (Wildman–Crippen LogP) is 6.32. The van der Waals surface area contributed by atoms with Crippen molar-refractivity contribution >= 4 is 29.2 Å². The lowest BCUT2D eigenvalue weighted by Crippen LogP contribution is -2.38. The molecule has 0 aliphatic heterocycles. The van der Waals surface area contributed by atoms with E-state index < -0.39 is 8.07 Å². The maximum atomic E-state index is 3.86. The Balaban J connectivity index is 1.68. The van der Waals surface area contributed by atoms with E-state index >= 15 is 0 Å². The van der Waals surface area contributed by atoms with Crippen molar-refractivity contribution in [1.82, 2.24) is 0 Å². The summed E-state index contributed by atoms with van der Waals surface area (Å²) in [6, 6.07) is 5.03. The summed E-state index contributed by atoms with van der Waals surface area (Å²) in [5, 5.41) is 1.61. The first kappa shape index (κ1) is 17.7. The van der Waals surface area contributed by atoms with Gasteiger partial charge in [0.15, 0.2) is 0 Å². The number of fused-ring (bicyclic) bond motifs is 1. The summed E-state index contributed by atoms with van der Waals surface area (Å²) in [5.41, 5.74) is 3.31. The minimum Gasteiger partial charge on any atom is -0.0656 e. The van der Waals surface area contributed by atoms with E-state index in [1.807, 2.05) is 0 Å². The van der Waals surface area contributed by atoms with E-state index in [-0.39, 0.29) is 0 Å². The summed E-state index contributed by atoms with van der Waals surface area (Å²) in [5.74, 6) is 2.95. The molecule has 3 rings (SSSR count). The van der Waals surface area contributed by atoms with Gasteiger partial charge in [0.05, 0.1) is 8.07 Å². The van der Waals surface area contributed by atoms with Crippen molar-refractivity contribution in [2.45, 2.75) is 77.9 Å².